The van der Waals surface area contributed by atoms with Crippen molar-refractivity contribution in [3.8, 4) is 28.4 Å². The smallest absolute Gasteiger partial charge is 0.134 e. The van der Waals surface area contributed by atoms with E-state index in [1.54, 1.807) is 7.11 Å². The highest BCUT2D eigenvalue weighted by molar-refractivity contribution is 9.10. The fraction of sp³-hybridized carbons (Fsp3) is 0.333. The molecule has 0 saturated heterocycles. The van der Waals surface area contributed by atoms with Crippen molar-refractivity contribution in [1.82, 2.24) is 0 Å². The van der Waals surface area contributed by atoms with Gasteiger partial charge in [0.05, 0.1) is 23.8 Å². The number of methoxy groups -OCH3 is 1. The number of aryl methyl sites for hydroxylation is 1. The predicted octanol–water partition coefficient (Wildman–Crippen LogP) is 7.16. The third-order valence-electron chi connectivity index (χ3n) is 4.46. The van der Waals surface area contributed by atoms with Gasteiger partial charge < -0.3 is 14.2 Å². The van der Waals surface area contributed by atoms with Gasteiger partial charge in [-0.25, -0.2) is 0 Å². The molecule has 0 atom stereocenters. The van der Waals surface area contributed by atoms with Crippen LogP contribution in [0, 0.1) is 6.92 Å². The molecular weight excluding hydrogens is 416 g/mol. The summed E-state index contributed by atoms with van der Waals surface area (Å²) in [6.45, 7) is 10.2. The fourth-order valence-electron chi connectivity index (χ4n) is 3.35. The molecule has 0 aliphatic carbocycles. The maximum Gasteiger partial charge on any atom is 0.134 e. The molecular formula is C24H27BrO3. The van der Waals surface area contributed by atoms with Gasteiger partial charge in [0.1, 0.15) is 17.2 Å². The van der Waals surface area contributed by atoms with Crippen molar-refractivity contribution in [3.05, 3.63) is 52.5 Å². The Morgan fingerprint density at radius 2 is 1.36 bits per heavy atom. The van der Waals surface area contributed by atoms with Crippen molar-refractivity contribution < 1.29 is 14.2 Å². The Morgan fingerprint density at radius 3 is 1.93 bits per heavy atom. The minimum Gasteiger partial charge on any atom is -0.496 e. The summed E-state index contributed by atoms with van der Waals surface area (Å²) in [5.74, 6) is 2.56. The Hall–Kier alpha value is -2.20. The molecule has 3 aromatic carbocycles. The number of hydrogen-bond donors (Lipinski definition) is 0. The molecule has 0 amide bonds. The Morgan fingerprint density at radius 1 is 0.786 bits per heavy atom. The van der Waals surface area contributed by atoms with Crippen molar-refractivity contribution in [2.75, 3.05) is 7.11 Å². The maximum atomic E-state index is 6.19. The fourth-order valence-corrected chi connectivity index (χ4v) is 4.01. The van der Waals surface area contributed by atoms with Crippen molar-refractivity contribution >= 4 is 26.7 Å². The highest BCUT2D eigenvalue weighted by Gasteiger charge is 2.18. The molecule has 0 heterocycles. The standard InChI is InChI=1S/C24H27BrO3/c1-14(2)27-20-11-7-17-8-12-21(28-15(3)4)24(25)23(17)22(20)18-9-10-19(26-6)16(5)13-18/h7-15H,1-6H3. The molecule has 148 valence electrons. The first kappa shape index (κ1) is 20.5. The largest absolute Gasteiger partial charge is 0.496 e. The van der Waals surface area contributed by atoms with E-state index in [0.29, 0.717) is 0 Å². The van der Waals surface area contributed by atoms with E-state index in [2.05, 4.69) is 47.1 Å². The summed E-state index contributed by atoms with van der Waals surface area (Å²) < 4.78 is 18.6. The summed E-state index contributed by atoms with van der Waals surface area (Å²) >= 11 is 3.80. The molecule has 0 saturated carbocycles. The van der Waals surface area contributed by atoms with Crippen molar-refractivity contribution in [2.24, 2.45) is 0 Å². The Labute approximate surface area is 175 Å². The van der Waals surface area contributed by atoms with E-state index < -0.39 is 0 Å². The molecule has 3 rings (SSSR count). The summed E-state index contributed by atoms with van der Waals surface area (Å²) in [5, 5.41) is 2.21. The topological polar surface area (TPSA) is 27.7 Å². The highest BCUT2D eigenvalue weighted by Crippen LogP contribution is 2.45. The summed E-state index contributed by atoms with van der Waals surface area (Å²) in [6.07, 6.45) is 0.167. The number of ether oxygens (including phenoxy) is 3. The third-order valence-corrected chi connectivity index (χ3v) is 5.25. The second-order valence-electron chi connectivity index (χ2n) is 7.43. The zero-order valence-electron chi connectivity index (χ0n) is 17.3. The van der Waals surface area contributed by atoms with Gasteiger partial charge in [-0.15, -0.1) is 0 Å². The Kier molecular flexibility index (Phi) is 6.19. The van der Waals surface area contributed by atoms with Gasteiger partial charge in [-0.2, -0.15) is 0 Å². The van der Waals surface area contributed by atoms with E-state index in [1.165, 1.54) is 0 Å². The normalized spacial score (nSPS) is 11.3. The van der Waals surface area contributed by atoms with Gasteiger partial charge in [-0.3, -0.25) is 0 Å². The molecule has 0 aromatic heterocycles. The van der Waals surface area contributed by atoms with Crippen LogP contribution >= 0.6 is 15.9 Å². The molecule has 3 aromatic rings. The average molecular weight is 443 g/mol. The lowest BCUT2D eigenvalue weighted by Gasteiger charge is -2.20. The van der Waals surface area contributed by atoms with E-state index in [4.69, 9.17) is 14.2 Å². The second kappa shape index (κ2) is 8.44. The van der Waals surface area contributed by atoms with Crippen LogP contribution in [-0.2, 0) is 0 Å². The van der Waals surface area contributed by atoms with Gasteiger partial charge in [0, 0.05) is 10.9 Å². The first-order valence-electron chi connectivity index (χ1n) is 9.55. The van der Waals surface area contributed by atoms with Crippen LogP contribution < -0.4 is 14.2 Å². The van der Waals surface area contributed by atoms with Crippen LogP contribution in [-0.4, -0.2) is 19.3 Å². The van der Waals surface area contributed by atoms with Crippen LogP contribution in [0.2, 0.25) is 0 Å². The maximum absolute atomic E-state index is 6.19. The molecule has 0 bridgehead atoms. The number of halogens is 1. The Balaban J connectivity index is 2.33. The molecule has 0 unspecified atom stereocenters. The van der Waals surface area contributed by atoms with Crippen LogP contribution in [0.4, 0.5) is 0 Å². The predicted molar refractivity (Wildman–Crippen MR) is 120 cm³/mol. The molecule has 3 nitrogen and oxygen atoms in total. The zero-order valence-corrected chi connectivity index (χ0v) is 18.9. The molecule has 0 N–H and O–H groups in total. The van der Waals surface area contributed by atoms with E-state index in [1.807, 2.05) is 45.9 Å². The van der Waals surface area contributed by atoms with Gasteiger partial charge in [-0.1, -0.05) is 18.2 Å². The van der Waals surface area contributed by atoms with Crippen molar-refractivity contribution in [3.63, 3.8) is 0 Å². The minimum absolute atomic E-state index is 0.0735. The van der Waals surface area contributed by atoms with Gasteiger partial charge in [0.25, 0.3) is 0 Å². The monoisotopic (exact) mass is 442 g/mol. The van der Waals surface area contributed by atoms with Crippen LogP contribution in [0.1, 0.15) is 33.3 Å². The van der Waals surface area contributed by atoms with Gasteiger partial charge in [0.2, 0.25) is 0 Å². The summed E-state index contributed by atoms with van der Waals surface area (Å²) in [6, 6.07) is 14.5. The van der Waals surface area contributed by atoms with Crippen LogP contribution in [0.15, 0.2) is 46.9 Å². The number of rotatable bonds is 6. The lowest BCUT2D eigenvalue weighted by Crippen LogP contribution is -2.08. The lowest BCUT2D eigenvalue weighted by molar-refractivity contribution is 0.241. The quantitative estimate of drug-likeness (QED) is 0.405. The molecule has 0 fully saturated rings. The third kappa shape index (κ3) is 4.12. The minimum atomic E-state index is 0.0735. The summed E-state index contributed by atoms with van der Waals surface area (Å²) in [4.78, 5) is 0. The van der Waals surface area contributed by atoms with Crippen LogP contribution in [0.3, 0.4) is 0 Å². The Bertz CT molecular complexity index is 988. The van der Waals surface area contributed by atoms with Crippen LogP contribution in [0.5, 0.6) is 17.2 Å². The van der Waals surface area contributed by atoms with Crippen molar-refractivity contribution in [2.45, 2.75) is 46.8 Å². The number of fused-ring (bicyclic) bond motifs is 1. The SMILES string of the molecule is COc1ccc(-c2c(OC(C)C)ccc3ccc(OC(C)C)c(Br)c23)cc1C. The lowest BCUT2D eigenvalue weighted by atomic mass is 9.95. The van der Waals surface area contributed by atoms with Gasteiger partial charge in [0.15, 0.2) is 0 Å². The first-order chi connectivity index (χ1) is 13.3. The second-order valence-corrected chi connectivity index (χ2v) is 8.23. The van der Waals surface area contributed by atoms with Crippen molar-refractivity contribution in [1.29, 1.82) is 0 Å². The molecule has 0 spiro atoms. The highest BCUT2D eigenvalue weighted by atomic mass is 79.9. The van der Waals surface area contributed by atoms with E-state index >= 15 is 0 Å². The molecule has 0 aliphatic rings. The molecule has 0 radical (unpaired) electrons. The van der Waals surface area contributed by atoms with Gasteiger partial charge >= 0.3 is 0 Å². The number of benzene rings is 3. The zero-order chi connectivity index (χ0) is 20.4. The average Bonchev–Trinajstić information content (AvgIpc) is 2.63. The van der Waals surface area contributed by atoms with E-state index in [-0.39, 0.29) is 12.2 Å². The molecule has 4 heteroatoms. The van der Waals surface area contributed by atoms with E-state index in [9.17, 15) is 0 Å². The van der Waals surface area contributed by atoms with E-state index in [0.717, 1.165) is 49.2 Å². The molecule has 0 aliphatic heterocycles. The van der Waals surface area contributed by atoms with Gasteiger partial charge in [-0.05, 0) is 91.3 Å². The number of hydrogen-bond acceptors (Lipinski definition) is 3. The summed E-state index contributed by atoms with van der Waals surface area (Å²) in [5.41, 5.74) is 3.22. The summed E-state index contributed by atoms with van der Waals surface area (Å²) in [7, 11) is 1.69. The molecule has 28 heavy (non-hydrogen) atoms. The van der Waals surface area contributed by atoms with Crippen LogP contribution in [0.25, 0.3) is 21.9 Å². The first-order valence-corrected chi connectivity index (χ1v) is 10.3.